The first-order chi connectivity index (χ1) is 10.9. The van der Waals surface area contributed by atoms with E-state index in [1.165, 1.54) is 12.4 Å². The fourth-order valence-electron chi connectivity index (χ4n) is 2.54. The van der Waals surface area contributed by atoms with Gasteiger partial charge in [0.25, 0.3) is 0 Å². The zero-order chi connectivity index (χ0) is 16.4. The van der Waals surface area contributed by atoms with Crippen LogP contribution in [0.3, 0.4) is 0 Å². The lowest BCUT2D eigenvalue weighted by Crippen LogP contribution is -2.47. The summed E-state index contributed by atoms with van der Waals surface area (Å²) in [5, 5.41) is 0. The Kier molecular flexibility index (Phi) is 4.06. The maximum Gasteiger partial charge on any atom is 0.433 e. The molecule has 0 radical (unpaired) electrons. The standard InChI is InChI=1S/C15H16F3N5/c1-11-9-14(20-10-19-11)23-7-5-22(6-8-23)13-4-2-3-12(21-13)15(16,17)18/h2-4,9-10H,5-8H2,1H3. The van der Waals surface area contributed by atoms with Crippen LogP contribution in [0.4, 0.5) is 24.8 Å². The number of halogens is 3. The van der Waals surface area contributed by atoms with Gasteiger partial charge >= 0.3 is 6.18 Å². The predicted octanol–water partition coefficient (Wildman–Crippen LogP) is 2.53. The van der Waals surface area contributed by atoms with E-state index in [0.29, 0.717) is 32.0 Å². The van der Waals surface area contributed by atoms with Gasteiger partial charge in [-0.3, -0.25) is 0 Å². The lowest BCUT2D eigenvalue weighted by molar-refractivity contribution is -0.141. The summed E-state index contributed by atoms with van der Waals surface area (Å²) < 4.78 is 38.3. The molecule has 3 rings (SSSR count). The second-order valence-corrected chi connectivity index (χ2v) is 5.37. The van der Waals surface area contributed by atoms with Gasteiger partial charge in [0.05, 0.1) is 0 Å². The van der Waals surface area contributed by atoms with E-state index in [-0.39, 0.29) is 0 Å². The molecule has 0 aromatic carbocycles. The molecule has 0 spiro atoms. The van der Waals surface area contributed by atoms with Crippen molar-refractivity contribution in [3.8, 4) is 0 Å². The topological polar surface area (TPSA) is 45.2 Å². The van der Waals surface area contributed by atoms with Gasteiger partial charge in [-0.15, -0.1) is 0 Å². The van der Waals surface area contributed by atoms with Crippen molar-refractivity contribution in [3.05, 3.63) is 42.0 Å². The number of rotatable bonds is 2. The van der Waals surface area contributed by atoms with Crippen molar-refractivity contribution in [1.82, 2.24) is 15.0 Å². The number of anilines is 2. The second kappa shape index (κ2) is 6.02. The summed E-state index contributed by atoms with van der Waals surface area (Å²) in [5.74, 6) is 1.20. The minimum Gasteiger partial charge on any atom is -0.353 e. The molecule has 2 aromatic rings. The van der Waals surface area contributed by atoms with Crippen LogP contribution in [0.1, 0.15) is 11.4 Å². The summed E-state index contributed by atoms with van der Waals surface area (Å²) in [6.45, 7) is 4.44. The monoisotopic (exact) mass is 323 g/mol. The summed E-state index contributed by atoms with van der Waals surface area (Å²) in [6, 6.07) is 5.90. The van der Waals surface area contributed by atoms with E-state index in [4.69, 9.17) is 0 Å². The molecule has 0 N–H and O–H groups in total. The molecular weight excluding hydrogens is 307 g/mol. The van der Waals surface area contributed by atoms with E-state index in [9.17, 15) is 13.2 Å². The number of piperazine rings is 1. The van der Waals surface area contributed by atoms with Crippen LogP contribution in [0, 0.1) is 6.92 Å². The molecule has 1 fully saturated rings. The lowest BCUT2D eigenvalue weighted by atomic mass is 10.2. The Morgan fingerprint density at radius 2 is 1.61 bits per heavy atom. The van der Waals surface area contributed by atoms with E-state index in [1.54, 1.807) is 6.07 Å². The highest BCUT2D eigenvalue weighted by Gasteiger charge is 2.33. The number of hydrogen-bond acceptors (Lipinski definition) is 5. The summed E-state index contributed by atoms with van der Waals surface area (Å²) in [6.07, 6.45) is -2.90. The minimum absolute atomic E-state index is 0.360. The molecule has 0 unspecified atom stereocenters. The summed E-state index contributed by atoms with van der Waals surface area (Å²) in [7, 11) is 0. The Balaban J connectivity index is 1.70. The van der Waals surface area contributed by atoms with Crippen LogP contribution < -0.4 is 9.80 Å². The van der Waals surface area contributed by atoms with Crippen molar-refractivity contribution in [2.24, 2.45) is 0 Å². The van der Waals surface area contributed by atoms with Crippen LogP contribution in [-0.4, -0.2) is 41.1 Å². The maximum atomic E-state index is 12.8. The van der Waals surface area contributed by atoms with Crippen LogP contribution in [-0.2, 0) is 6.18 Å². The van der Waals surface area contributed by atoms with E-state index in [0.717, 1.165) is 17.6 Å². The Labute approximate surface area is 131 Å². The van der Waals surface area contributed by atoms with Gasteiger partial charge < -0.3 is 9.80 Å². The Morgan fingerprint density at radius 3 is 2.22 bits per heavy atom. The van der Waals surface area contributed by atoms with E-state index >= 15 is 0 Å². The highest BCUT2D eigenvalue weighted by atomic mass is 19.4. The average molecular weight is 323 g/mol. The minimum atomic E-state index is -4.42. The van der Waals surface area contributed by atoms with Gasteiger partial charge in [-0.05, 0) is 19.1 Å². The van der Waals surface area contributed by atoms with E-state index in [2.05, 4.69) is 19.9 Å². The van der Waals surface area contributed by atoms with E-state index < -0.39 is 11.9 Å². The van der Waals surface area contributed by atoms with Gasteiger partial charge in [-0.25, -0.2) is 15.0 Å². The molecule has 8 heteroatoms. The van der Waals surface area contributed by atoms with Gasteiger partial charge in [0, 0.05) is 37.9 Å². The first-order valence-corrected chi connectivity index (χ1v) is 7.26. The molecule has 2 aromatic heterocycles. The normalized spacial score (nSPS) is 15.8. The molecule has 0 bridgehead atoms. The van der Waals surface area contributed by atoms with Gasteiger partial charge in [0.2, 0.25) is 0 Å². The van der Waals surface area contributed by atoms with E-state index in [1.807, 2.05) is 17.9 Å². The third-order valence-electron chi connectivity index (χ3n) is 3.74. The van der Waals surface area contributed by atoms with Crippen LogP contribution in [0.15, 0.2) is 30.6 Å². The van der Waals surface area contributed by atoms with Crippen LogP contribution in [0.5, 0.6) is 0 Å². The summed E-state index contributed by atoms with van der Waals surface area (Å²) in [4.78, 5) is 16.0. The number of aromatic nitrogens is 3. The molecule has 1 aliphatic heterocycles. The van der Waals surface area contributed by atoms with Crippen LogP contribution in [0.25, 0.3) is 0 Å². The SMILES string of the molecule is Cc1cc(N2CCN(c3cccc(C(F)(F)F)n3)CC2)ncn1. The van der Waals surface area contributed by atoms with Gasteiger partial charge in [-0.2, -0.15) is 13.2 Å². The van der Waals surface area contributed by atoms with Crippen LogP contribution >= 0.6 is 0 Å². The lowest BCUT2D eigenvalue weighted by Gasteiger charge is -2.36. The Morgan fingerprint density at radius 1 is 0.957 bits per heavy atom. The van der Waals surface area contributed by atoms with Gasteiger partial charge in [-0.1, -0.05) is 6.07 Å². The number of aryl methyl sites for hydroxylation is 1. The molecule has 122 valence electrons. The van der Waals surface area contributed by atoms with Crippen molar-refractivity contribution in [1.29, 1.82) is 0 Å². The predicted molar refractivity (Wildman–Crippen MR) is 80.4 cm³/mol. The molecule has 3 heterocycles. The van der Waals surface area contributed by atoms with Crippen molar-refractivity contribution in [3.63, 3.8) is 0 Å². The molecule has 1 saturated heterocycles. The largest absolute Gasteiger partial charge is 0.433 e. The molecule has 0 atom stereocenters. The molecular formula is C15H16F3N5. The molecule has 0 saturated carbocycles. The van der Waals surface area contributed by atoms with Gasteiger partial charge in [0.15, 0.2) is 0 Å². The smallest absolute Gasteiger partial charge is 0.353 e. The molecule has 0 aliphatic carbocycles. The van der Waals surface area contributed by atoms with Crippen LogP contribution in [0.2, 0.25) is 0 Å². The first kappa shape index (κ1) is 15.5. The fourth-order valence-corrected chi connectivity index (χ4v) is 2.54. The first-order valence-electron chi connectivity index (χ1n) is 7.26. The van der Waals surface area contributed by atoms with Crippen molar-refractivity contribution < 1.29 is 13.2 Å². The Hall–Kier alpha value is -2.38. The second-order valence-electron chi connectivity index (χ2n) is 5.37. The fraction of sp³-hybridized carbons (Fsp3) is 0.400. The number of hydrogen-bond donors (Lipinski definition) is 0. The van der Waals surface area contributed by atoms with Crippen molar-refractivity contribution in [2.45, 2.75) is 13.1 Å². The molecule has 0 amide bonds. The molecule has 23 heavy (non-hydrogen) atoms. The van der Waals surface area contributed by atoms with Crippen molar-refractivity contribution in [2.75, 3.05) is 36.0 Å². The molecule has 5 nitrogen and oxygen atoms in total. The maximum absolute atomic E-state index is 12.8. The number of alkyl halides is 3. The molecule has 1 aliphatic rings. The number of nitrogens with zero attached hydrogens (tertiary/aromatic N) is 5. The van der Waals surface area contributed by atoms with Crippen molar-refractivity contribution >= 4 is 11.6 Å². The number of pyridine rings is 1. The Bertz CT molecular complexity index is 681. The zero-order valence-electron chi connectivity index (χ0n) is 12.6. The highest BCUT2D eigenvalue weighted by Crippen LogP contribution is 2.29. The third-order valence-corrected chi connectivity index (χ3v) is 3.74. The van der Waals surface area contributed by atoms with Gasteiger partial charge in [0.1, 0.15) is 23.7 Å². The quantitative estimate of drug-likeness (QED) is 0.850. The average Bonchev–Trinajstić information content (AvgIpc) is 2.54. The summed E-state index contributed by atoms with van der Waals surface area (Å²) in [5.41, 5.74) is 0.0285. The highest BCUT2D eigenvalue weighted by molar-refractivity contribution is 5.45. The summed E-state index contributed by atoms with van der Waals surface area (Å²) >= 11 is 0. The zero-order valence-corrected chi connectivity index (χ0v) is 12.6. The third kappa shape index (κ3) is 3.52.